The van der Waals surface area contributed by atoms with Crippen molar-refractivity contribution in [2.75, 3.05) is 19.7 Å². The molecule has 0 saturated carbocycles. The van der Waals surface area contributed by atoms with Crippen LogP contribution in [-0.4, -0.2) is 46.4 Å². The number of hydrogen-bond acceptors (Lipinski definition) is 5. The summed E-state index contributed by atoms with van der Waals surface area (Å²) in [5.74, 6) is 0.218. The predicted molar refractivity (Wildman–Crippen MR) is 100 cm³/mol. The van der Waals surface area contributed by atoms with Crippen molar-refractivity contribution in [3.8, 4) is 5.88 Å². The monoisotopic (exact) mass is 368 g/mol. The van der Waals surface area contributed by atoms with Gasteiger partial charge in [-0.3, -0.25) is 14.6 Å². The Morgan fingerprint density at radius 1 is 1.22 bits per heavy atom. The Morgan fingerprint density at radius 2 is 2.00 bits per heavy atom. The van der Waals surface area contributed by atoms with Gasteiger partial charge in [0.15, 0.2) is 0 Å². The van der Waals surface area contributed by atoms with Gasteiger partial charge in [-0.2, -0.15) is 0 Å². The predicted octanol–water partition coefficient (Wildman–Crippen LogP) is 2.04. The number of carbonyl (C=O) groups excluding carboxylic acids is 2. The number of nitrogens with one attached hydrogen (secondary N) is 1. The minimum Gasteiger partial charge on any atom is -0.477 e. The van der Waals surface area contributed by atoms with Gasteiger partial charge in [0.25, 0.3) is 5.91 Å². The van der Waals surface area contributed by atoms with Gasteiger partial charge in [-0.05, 0) is 43.5 Å². The average Bonchev–Trinajstić information content (AvgIpc) is 2.73. The summed E-state index contributed by atoms with van der Waals surface area (Å²) in [5, 5.41) is 2.96. The second kappa shape index (κ2) is 9.12. The Hall–Kier alpha value is -2.96. The Kier molecular flexibility index (Phi) is 6.35. The van der Waals surface area contributed by atoms with Crippen LogP contribution in [-0.2, 0) is 11.3 Å². The number of ether oxygens (including phenoxy) is 1. The lowest BCUT2D eigenvalue weighted by molar-refractivity contribution is -0.126. The topological polar surface area (TPSA) is 84.4 Å². The molecule has 0 atom stereocenters. The molecule has 27 heavy (non-hydrogen) atoms. The summed E-state index contributed by atoms with van der Waals surface area (Å²) in [7, 11) is 0. The van der Waals surface area contributed by atoms with Crippen LogP contribution in [0.2, 0.25) is 0 Å². The lowest BCUT2D eigenvalue weighted by Gasteiger charge is -2.31. The maximum atomic E-state index is 12.8. The maximum absolute atomic E-state index is 12.8. The van der Waals surface area contributed by atoms with Crippen LogP contribution in [0.1, 0.15) is 35.7 Å². The molecule has 1 N–H and O–H groups in total. The van der Waals surface area contributed by atoms with Crippen LogP contribution < -0.4 is 10.1 Å². The standard InChI is InChI=1S/C20H24N4O3/c1-2-27-19-17(6-4-10-22-19)20(26)24-11-7-16(8-12-24)18(25)23-14-15-5-3-9-21-13-15/h3-6,9-10,13,16H,2,7-8,11-12,14H2,1H3,(H,23,25). The van der Waals surface area contributed by atoms with Gasteiger partial charge in [-0.1, -0.05) is 6.07 Å². The molecule has 1 aliphatic heterocycles. The van der Waals surface area contributed by atoms with Gasteiger partial charge in [0.1, 0.15) is 5.56 Å². The average molecular weight is 368 g/mol. The van der Waals surface area contributed by atoms with Gasteiger partial charge in [0.05, 0.1) is 6.61 Å². The largest absolute Gasteiger partial charge is 0.477 e. The quantitative estimate of drug-likeness (QED) is 0.843. The van der Waals surface area contributed by atoms with Crippen molar-refractivity contribution in [3.05, 3.63) is 54.0 Å². The summed E-state index contributed by atoms with van der Waals surface area (Å²) >= 11 is 0. The van der Waals surface area contributed by atoms with E-state index in [-0.39, 0.29) is 17.7 Å². The zero-order valence-corrected chi connectivity index (χ0v) is 15.4. The third-order valence-corrected chi connectivity index (χ3v) is 4.63. The third-order valence-electron chi connectivity index (χ3n) is 4.63. The van der Waals surface area contributed by atoms with E-state index < -0.39 is 0 Å². The summed E-state index contributed by atoms with van der Waals surface area (Å²) in [6.45, 7) is 3.88. The SMILES string of the molecule is CCOc1ncccc1C(=O)N1CCC(C(=O)NCc2cccnc2)CC1. The normalized spacial score (nSPS) is 14.6. The van der Waals surface area contributed by atoms with Crippen LogP contribution in [0.4, 0.5) is 0 Å². The molecule has 0 radical (unpaired) electrons. The molecule has 0 aliphatic carbocycles. The molecule has 1 aliphatic rings. The van der Waals surface area contributed by atoms with E-state index in [1.807, 2.05) is 19.1 Å². The Balaban J connectivity index is 1.52. The van der Waals surface area contributed by atoms with E-state index in [1.54, 1.807) is 35.6 Å². The summed E-state index contributed by atoms with van der Waals surface area (Å²) in [4.78, 5) is 35.1. The molecule has 7 heteroatoms. The van der Waals surface area contributed by atoms with Gasteiger partial charge in [0.2, 0.25) is 11.8 Å². The van der Waals surface area contributed by atoms with Crippen LogP contribution in [0.5, 0.6) is 5.88 Å². The van der Waals surface area contributed by atoms with E-state index in [4.69, 9.17) is 4.74 Å². The van der Waals surface area contributed by atoms with Gasteiger partial charge in [-0.15, -0.1) is 0 Å². The highest BCUT2D eigenvalue weighted by molar-refractivity contribution is 5.96. The number of likely N-dealkylation sites (tertiary alicyclic amines) is 1. The van der Waals surface area contributed by atoms with Crippen molar-refractivity contribution in [3.63, 3.8) is 0 Å². The lowest BCUT2D eigenvalue weighted by Crippen LogP contribution is -2.43. The van der Waals surface area contributed by atoms with E-state index >= 15 is 0 Å². The summed E-state index contributed by atoms with van der Waals surface area (Å²) in [6.07, 6.45) is 6.35. The number of carbonyl (C=O) groups is 2. The van der Waals surface area contributed by atoms with E-state index in [2.05, 4.69) is 15.3 Å². The molecule has 2 amide bonds. The van der Waals surface area contributed by atoms with E-state index in [0.29, 0.717) is 50.5 Å². The van der Waals surface area contributed by atoms with Gasteiger partial charge >= 0.3 is 0 Å². The Bertz CT molecular complexity index is 774. The van der Waals surface area contributed by atoms with E-state index in [0.717, 1.165) is 5.56 Å². The number of amides is 2. The fourth-order valence-corrected chi connectivity index (χ4v) is 3.16. The molecule has 3 heterocycles. The fraction of sp³-hybridized carbons (Fsp3) is 0.400. The molecular weight excluding hydrogens is 344 g/mol. The van der Waals surface area contributed by atoms with Crippen molar-refractivity contribution < 1.29 is 14.3 Å². The Labute approximate surface area is 158 Å². The molecule has 2 aromatic rings. The minimum atomic E-state index is -0.0965. The van der Waals surface area contributed by atoms with Crippen LogP contribution in [0, 0.1) is 5.92 Å². The lowest BCUT2D eigenvalue weighted by atomic mass is 9.95. The molecule has 142 valence electrons. The zero-order chi connectivity index (χ0) is 19.1. The molecule has 7 nitrogen and oxygen atoms in total. The first-order valence-electron chi connectivity index (χ1n) is 9.22. The smallest absolute Gasteiger partial charge is 0.259 e. The van der Waals surface area contributed by atoms with Crippen LogP contribution in [0.3, 0.4) is 0 Å². The van der Waals surface area contributed by atoms with Gasteiger partial charge < -0.3 is 15.0 Å². The van der Waals surface area contributed by atoms with Crippen molar-refractivity contribution in [2.45, 2.75) is 26.3 Å². The van der Waals surface area contributed by atoms with Crippen molar-refractivity contribution in [1.29, 1.82) is 0 Å². The van der Waals surface area contributed by atoms with Crippen molar-refractivity contribution in [2.24, 2.45) is 5.92 Å². The first kappa shape index (κ1) is 18.8. The fourth-order valence-electron chi connectivity index (χ4n) is 3.16. The Morgan fingerprint density at radius 3 is 2.70 bits per heavy atom. The molecule has 0 spiro atoms. The van der Waals surface area contributed by atoms with E-state index in [1.165, 1.54) is 0 Å². The van der Waals surface area contributed by atoms with Crippen molar-refractivity contribution in [1.82, 2.24) is 20.2 Å². The third kappa shape index (κ3) is 4.81. The number of nitrogens with zero attached hydrogens (tertiary/aromatic N) is 3. The molecule has 0 aromatic carbocycles. The van der Waals surface area contributed by atoms with Crippen LogP contribution in [0.25, 0.3) is 0 Å². The van der Waals surface area contributed by atoms with Crippen LogP contribution >= 0.6 is 0 Å². The second-order valence-electron chi connectivity index (χ2n) is 6.43. The number of rotatable bonds is 6. The highest BCUT2D eigenvalue weighted by Gasteiger charge is 2.29. The number of pyridine rings is 2. The summed E-state index contributed by atoms with van der Waals surface area (Å²) < 4.78 is 5.45. The molecule has 3 rings (SSSR count). The number of aromatic nitrogens is 2. The second-order valence-corrected chi connectivity index (χ2v) is 6.43. The highest BCUT2D eigenvalue weighted by atomic mass is 16.5. The van der Waals surface area contributed by atoms with Gasteiger partial charge in [0, 0.05) is 44.1 Å². The summed E-state index contributed by atoms with van der Waals surface area (Å²) in [6, 6.07) is 7.24. The maximum Gasteiger partial charge on any atom is 0.259 e. The first-order valence-corrected chi connectivity index (χ1v) is 9.22. The molecule has 2 aromatic heterocycles. The van der Waals surface area contributed by atoms with Gasteiger partial charge in [-0.25, -0.2) is 4.98 Å². The van der Waals surface area contributed by atoms with E-state index in [9.17, 15) is 9.59 Å². The van der Waals surface area contributed by atoms with Crippen LogP contribution in [0.15, 0.2) is 42.9 Å². The molecule has 0 unspecified atom stereocenters. The minimum absolute atomic E-state index is 0.0299. The molecular formula is C20H24N4O3. The molecule has 1 saturated heterocycles. The number of piperidine rings is 1. The van der Waals surface area contributed by atoms with Crippen molar-refractivity contribution >= 4 is 11.8 Å². The number of hydrogen-bond donors (Lipinski definition) is 1. The first-order chi connectivity index (χ1) is 13.2. The summed E-state index contributed by atoms with van der Waals surface area (Å²) in [5.41, 5.74) is 1.44. The highest BCUT2D eigenvalue weighted by Crippen LogP contribution is 2.22. The molecule has 1 fully saturated rings. The molecule has 0 bridgehead atoms. The zero-order valence-electron chi connectivity index (χ0n) is 15.4.